The fraction of sp³-hybridized carbons (Fsp3) is 0.143. The number of hydrogen-bond donors (Lipinski definition) is 2. The summed E-state index contributed by atoms with van der Waals surface area (Å²) in [5, 5.41) is 11.6. The fourth-order valence-corrected chi connectivity index (χ4v) is 2.03. The molecule has 0 saturated heterocycles. The minimum Gasteiger partial charge on any atom is -0.496 e. The van der Waals surface area contributed by atoms with Crippen molar-refractivity contribution in [2.24, 2.45) is 0 Å². The number of imidazole rings is 1. The molecule has 1 aromatic carbocycles. The summed E-state index contributed by atoms with van der Waals surface area (Å²) in [6.45, 7) is 0.234. The molecular weight excluding hydrogens is 268 g/mol. The molecule has 0 amide bonds. The minimum atomic E-state index is 0.234. The molecule has 0 aliphatic heterocycles. The van der Waals surface area contributed by atoms with Crippen molar-refractivity contribution < 1.29 is 4.74 Å². The summed E-state index contributed by atoms with van der Waals surface area (Å²) < 4.78 is 5.37. The van der Waals surface area contributed by atoms with Crippen molar-refractivity contribution in [3.8, 4) is 23.2 Å². The first-order chi connectivity index (χ1) is 10.3. The predicted molar refractivity (Wildman–Crippen MR) is 77.8 cm³/mol. The van der Waals surface area contributed by atoms with Crippen LogP contribution in [0.25, 0.3) is 22.6 Å². The third-order valence-corrected chi connectivity index (χ3v) is 2.99. The van der Waals surface area contributed by atoms with Gasteiger partial charge in [-0.25, -0.2) is 15.0 Å². The van der Waals surface area contributed by atoms with Crippen LogP contribution in [0.4, 0.5) is 5.69 Å². The van der Waals surface area contributed by atoms with Crippen molar-refractivity contribution in [2.75, 3.05) is 19.0 Å². The van der Waals surface area contributed by atoms with Crippen LogP contribution < -0.4 is 10.1 Å². The van der Waals surface area contributed by atoms with E-state index in [0.717, 1.165) is 11.3 Å². The third-order valence-electron chi connectivity index (χ3n) is 2.99. The Kier molecular flexibility index (Phi) is 3.35. The first-order valence-electron chi connectivity index (χ1n) is 6.27. The highest BCUT2D eigenvalue weighted by Crippen LogP contribution is 2.31. The second-order valence-electron chi connectivity index (χ2n) is 4.27. The molecule has 0 unspecified atom stereocenters. The number of aromatic nitrogens is 4. The van der Waals surface area contributed by atoms with Crippen LogP contribution in [-0.2, 0) is 0 Å². The van der Waals surface area contributed by atoms with Gasteiger partial charge in [0.2, 0.25) is 0 Å². The molecule has 0 radical (unpaired) electrons. The smallest absolute Gasteiger partial charge is 0.161 e. The monoisotopic (exact) mass is 280 g/mol. The Bertz CT molecular complexity index is 787. The molecule has 21 heavy (non-hydrogen) atoms. The van der Waals surface area contributed by atoms with Crippen LogP contribution in [0.3, 0.4) is 0 Å². The topological polar surface area (TPSA) is 99.5 Å². The van der Waals surface area contributed by atoms with Gasteiger partial charge in [-0.05, 0) is 18.2 Å². The van der Waals surface area contributed by atoms with Gasteiger partial charge in [-0.15, -0.1) is 0 Å². The first kappa shape index (κ1) is 12.9. The van der Waals surface area contributed by atoms with E-state index in [1.165, 1.54) is 6.33 Å². The summed E-state index contributed by atoms with van der Waals surface area (Å²) in [5.74, 6) is 1.33. The maximum absolute atomic E-state index is 8.64. The zero-order valence-corrected chi connectivity index (χ0v) is 11.3. The van der Waals surface area contributed by atoms with Crippen LogP contribution in [0.5, 0.6) is 5.75 Å². The molecule has 2 aromatic heterocycles. The van der Waals surface area contributed by atoms with E-state index in [4.69, 9.17) is 10.00 Å². The lowest BCUT2D eigenvalue weighted by molar-refractivity contribution is 0.416. The number of benzene rings is 1. The van der Waals surface area contributed by atoms with Gasteiger partial charge in [-0.1, -0.05) is 0 Å². The van der Waals surface area contributed by atoms with Crippen molar-refractivity contribution in [2.45, 2.75) is 0 Å². The van der Waals surface area contributed by atoms with Gasteiger partial charge in [-0.3, -0.25) is 0 Å². The standard InChI is InChI=1S/C14H12N6O/c1-21-12-3-2-9(17-5-4-15)6-10(12)13-19-11-7-16-8-18-14(11)20-13/h2-3,6-8,17H,5H2,1H3,(H,16,18,19,20). The summed E-state index contributed by atoms with van der Waals surface area (Å²) in [4.78, 5) is 15.7. The normalized spacial score (nSPS) is 10.3. The molecule has 7 heteroatoms. The lowest BCUT2D eigenvalue weighted by atomic mass is 10.1. The van der Waals surface area contributed by atoms with Gasteiger partial charge in [0.25, 0.3) is 0 Å². The maximum atomic E-state index is 8.64. The number of H-pyrrole nitrogens is 1. The van der Waals surface area contributed by atoms with Gasteiger partial charge in [-0.2, -0.15) is 5.26 Å². The molecule has 0 atom stereocenters. The minimum absolute atomic E-state index is 0.234. The van der Waals surface area contributed by atoms with Crippen molar-refractivity contribution >= 4 is 16.9 Å². The molecule has 0 spiro atoms. The number of methoxy groups -OCH3 is 1. The molecule has 104 valence electrons. The highest BCUT2D eigenvalue weighted by atomic mass is 16.5. The first-order valence-corrected chi connectivity index (χ1v) is 6.27. The number of anilines is 1. The van der Waals surface area contributed by atoms with Crippen molar-refractivity contribution in [1.29, 1.82) is 5.26 Å². The zero-order chi connectivity index (χ0) is 14.7. The number of ether oxygens (including phenoxy) is 1. The number of rotatable bonds is 4. The van der Waals surface area contributed by atoms with Gasteiger partial charge in [0.15, 0.2) is 5.65 Å². The number of aromatic amines is 1. The molecule has 2 heterocycles. The average Bonchev–Trinajstić information content (AvgIpc) is 2.96. The summed E-state index contributed by atoms with van der Waals surface area (Å²) >= 11 is 0. The third kappa shape index (κ3) is 2.47. The highest BCUT2D eigenvalue weighted by molar-refractivity contribution is 5.78. The molecule has 0 aliphatic rings. The van der Waals surface area contributed by atoms with E-state index in [9.17, 15) is 0 Å². The largest absolute Gasteiger partial charge is 0.496 e. The van der Waals surface area contributed by atoms with Gasteiger partial charge >= 0.3 is 0 Å². The Morgan fingerprint density at radius 1 is 1.43 bits per heavy atom. The number of hydrogen-bond acceptors (Lipinski definition) is 6. The van der Waals surface area contributed by atoms with Crippen LogP contribution in [0.2, 0.25) is 0 Å². The van der Waals surface area contributed by atoms with Crippen molar-refractivity contribution in [3.05, 3.63) is 30.7 Å². The quantitative estimate of drug-likeness (QED) is 0.709. The van der Waals surface area contributed by atoms with Crippen LogP contribution in [-0.4, -0.2) is 33.6 Å². The number of nitrogens with one attached hydrogen (secondary N) is 2. The Morgan fingerprint density at radius 2 is 2.33 bits per heavy atom. The van der Waals surface area contributed by atoms with E-state index in [1.807, 2.05) is 24.3 Å². The van der Waals surface area contributed by atoms with Crippen molar-refractivity contribution in [1.82, 2.24) is 19.9 Å². The molecular formula is C14H12N6O. The van der Waals surface area contributed by atoms with Gasteiger partial charge in [0, 0.05) is 5.69 Å². The Morgan fingerprint density at radius 3 is 3.10 bits per heavy atom. The van der Waals surface area contributed by atoms with Gasteiger partial charge < -0.3 is 15.0 Å². The van der Waals surface area contributed by atoms with E-state index >= 15 is 0 Å². The average molecular weight is 280 g/mol. The molecule has 3 rings (SSSR count). The fourth-order valence-electron chi connectivity index (χ4n) is 2.03. The van der Waals surface area contributed by atoms with E-state index in [1.54, 1.807) is 13.3 Å². The second kappa shape index (κ2) is 5.46. The lowest BCUT2D eigenvalue weighted by Gasteiger charge is -2.09. The number of nitrogens with zero attached hydrogens (tertiary/aromatic N) is 4. The maximum Gasteiger partial charge on any atom is 0.161 e. The zero-order valence-electron chi connectivity index (χ0n) is 11.3. The molecule has 0 saturated carbocycles. The molecule has 3 aromatic rings. The predicted octanol–water partition coefficient (Wildman–Crippen LogP) is 1.96. The van der Waals surface area contributed by atoms with E-state index < -0.39 is 0 Å². The Balaban J connectivity index is 2.08. The molecule has 0 fully saturated rings. The highest BCUT2D eigenvalue weighted by Gasteiger charge is 2.12. The Labute approximate surface area is 120 Å². The lowest BCUT2D eigenvalue weighted by Crippen LogP contribution is -1.99. The van der Waals surface area contributed by atoms with Crippen molar-refractivity contribution in [3.63, 3.8) is 0 Å². The van der Waals surface area contributed by atoms with E-state index in [-0.39, 0.29) is 6.54 Å². The van der Waals surface area contributed by atoms with Crippen LogP contribution in [0.1, 0.15) is 0 Å². The van der Waals surface area contributed by atoms with E-state index in [2.05, 4.69) is 25.3 Å². The molecule has 7 nitrogen and oxygen atoms in total. The van der Waals surface area contributed by atoms with Gasteiger partial charge in [0.1, 0.15) is 30.0 Å². The van der Waals surface area contributed by atoms with E-state index in [0.29, 0.717) is 22.7 Å². The molecule has 0 aliphatic carbocycles. The van der Waals surface area contributed by atoms with Crippen LogP contribution >= 0.6 is 0 Å². The number of fused-ring (bicyclic) bond motifs is 1. The summed E-state index contributed by atoms with van der Waals surface area (Å²) in [6.07, 6.45) is 3.11. The molecule has 2 N–H and O–H groups in total. The Hall–Kier alpha value is -3.14. The summed E-state index contributed by atoms with van der Waals surface area (Å²) in [7, 11) is 1.60. The van der Waals surface area contributed by atoms with Crippen LogP contribution in [0, 0.1) is 11.3 Å². The van der Waals surface area contributed by atoms with Crippen LogP contribution in [0.15, 0.2) is 30.7 Å². The molecule has 0 bridgehead atoms. The summed E-state index contributed by atoms with van der Waals surface area (Å²) in [5.41, 5.74) is 2.96. The number of nitriles is 1. The summed E-state index contributed by atoms with van der Waals surface area (Å²) in [6, 6.07) is 7.59. The van der Waals surface area contributed by atoms with Gasteiger partial charge in [0.05, 0.1) is 24.9 Å². The second-order valence-corrected chi connectivity index (χ2v) is 4.27. The SMILES string of the molecule is COc1ccc(NCC#N)cc1-c1nc2cncnc2[nH]1.